The minimum absolute atomic E-state index is 0.0523. The van der Waals surface area contributed by atoms with Crippen LogP contribution in [0.5, 0.6) is 0 Å². The SMILES string of the molecule is Cc1oc([C@@H](Cc2cn(C)c3ccccc23)N(C(=O)OC2CCCCC2)C(=O)[C@@H](N)CC(C)C)nc1C(=O)O. The molecule has 10 heteroatoms. The predicted octanol–water partition coefficient (Wildman–Crippen LogP) is 5.13. The number of hydrogen-bond donors (Lipinski definition) is 2. The third-order valence-corrected chi connectivity index (χ3v) is 7.30. The van der Waals surface area contributed by atoms with Crippen molar-refractivity contribution in [1.29, 1.82) is 0 Å². The van der Waals surface area contributed by atoms with E-state index >= 15 is 0 Å². The van der Waals surface area contributed by atoms with Gasteiger partial charge in [0.25, 0.3) is 0 Å². The van der Waals surface area contributed by atoms with Crippen LogP contribution in [0.4, 0.5) is 4.79 Å². The molecule has 39 heavy (non-hydrogen) atoms. The van der Waals surface area contributed by atoms with Crippen molar-refractivity contribution < 1.29 is 28.6 Å². The van der Waals surface area contributed by atoms with Crippen LogP contribution >= 0.6 is 0 Å². The van der Waals surface area contributed by atoms with Gasteiger partial charge in [-0.3, -0.25) is 4.79 Å². The molecule has 2 atom stereocenters. The standard InChI is InChI=1S/C29H38N4O6/c1-17(2)14-22(30)27(34)33(29(37)39-20-10-6-5-7-11-20)24(26-31-25(28(35)36)18(3)38-26)15-19-16-32(4)23-13-9-8-12-21(19)23/h8-9,12-13,16-17,20,22,24H,5-7,10-11,14-15,30H2,1-4H3,(H,35,36)/t22-,24+/m0/s1. The van der Waals surface area contributed by atoms with E-state index in [4.69, 9.17) is 14.9 Å². The number of aromatic nitrogens is 2. The number of amides is 2. The Morgan fingerprint density at radius 3 is 2.54 bits per heavy atom. The van der Waals surface area contributed by atoms with Crippen LogP contribution in [0.1, 0.15) is 86.1 Å². The van der Waals surface area contributed by atoms with Crippen LogP contribution in [0.25, 0.3) is 10.9 Å². The van der Waals surface area contributed by atoms with Crippen molar-refractivity contribution in [3.63, 3.8) is 0 Å². The van der Waals surface area contributed by atoms with E-state index in [2.05, 4.69) is 4.98 Å². The summed E-state index contributed by atoms with van der Waals surface area (Å²) in [5, 5.41) is 10.6. The van der Waals surface area contributed by atoms with Gasteiger partial charge in [0, 0.05) is 30.6 Å². The van der Waals surface area contributed by atoms with Crippen LogP contribution in [0.3, 0.4) is 0 Å². The highest BCUT2D eigenvalue weighted by molar-refractivity contribution is 5.95. The second-order valence-electron chi connectivity index (χ2n) is 10.9. The van der Waals surface area contributed by atoms with Gasteiger partial charge in [0.1, 0.15) is 17.9 Å². The number of aryl methyl sites for hydroxylation is 2. The summed E-state index contributed by atoms with van der Waals surface area (Å²) in [4.78, 5) is 44.7. The molecule has 3 N–H and O–H groups in total. The van der Waals surface area contributed by atoms with Gasteiger partial charge in [0.2, 0.25) is 11.8 Å². The second kappa shape index (κ2) is 12.0. The molecule has 1 aliphatic rings. The zero-order chi connectivity index (χ0) is 28.3. The van der Waals surface area contributed by atoms with Gasteiger partial charge in [0.15, 0.2) is 5.69 Å². The lowest BCUT2D eigenvalue weighted by molar-refractivity contribution is -0.134. The van der Waals surface area contributed by atoms with E-state index in [0.29, 0.717) is 6.42 Å². The summed E-state index contributed by atoms with van der Waals surface area (Å²) in [6.45, 7) is 5.38. The van der Waals surface area contributed by atoms with Crippen molar-refractivity contribution in [2.75, 3.05) is 0 Å². The van der Waals surface area contributed by atoms with Gasteiger partial charge in [-0.1, -0.05) is 38.5 Å². The summed E-state index contributed by atoms with van der Waals surface area (Å²) in [7, 11) is 1.91. The zero-order valence-corrected chi connectivity index (χ0v) is 23.1. The van der Waals surface area contributed by atoms with Crippen molar-refractivity contribution in [1.82, 2.24) is 14.5 Å². The molecule has 0 spiro atoms. The molecule has 0 aliphatic heterocycles. The van der Waals surface area contributed by atoms with E-state index in [1.807, 2.05) is 55.9 Å². The molecule has 0 unspecified atom stereocenters. The van der Waals surface area contributed by atoms with E-state index in [9.17, 15) is 19.5 Å². The number of carbonyl (C=O) groups is 3. The normalized spacial score (nSPS) is 15.8. The van der Waals surface area contributed by atoms with Gasteiger partial charge in [-0.05, 0) is 56.6 Å². The number of rotatable bonds is 9. The summed E-state index contributed by atoms with van der Waals surface area (Å²) in [5.41, 5.74) is 7.87. The van der Waals surface area contributed by atoms with Gasteiger partial charge >= 0.3 is 12.1 Å². The van der Waals surface area contributed by atoms with E-state index in [1.54, 1.807) is 0 Å². The molecular formula is C29H38N4O6. The molecule has 0 saturated heterocycles. The van der Waals surface area contributed by atoms with Gasteiger partial charge in [0.05, 0.1) is 6.04 Å². The highest BCUT2D eigenvalue weighted by Crippen LogP contribution is 2.33. The maximum Gasteiger partial charge on any atom is 0.417 e. The Morgan fingerprint density at radius 2 is 1.90 bits per heavy atom. The minimum atomic E-state index is -1.26. The summed E-state index contributed by atoms with van der Waals surface area (Å²) in [5.74, 6) is -1.73. The number of oxazole rings is 1. The Morgan fingerprint density at radius 1 is 1.21 bits per heavy atom. The van der Waals surface area contributed by atoms with E-state index in [-0.39, 0.29) is 35.8 Å². The number of carboxylic acids is 1. The molecule has 2 amide bonds. The Labute approximate surface area is 228 Å². The van der Waals surface area contributed by atoms with Gasteiger partial charge in [-0.2, -0.15) is 0 Å². The second-order valence-corrected chi connectivity index (χ2v) is 10.9. The fourth-order valence-electron chi connectivity index (χ4n) is 5.38. The van der Waals surface area contributed by atoms with Crippen LogP contribution in [0.2, 0.25) is 0 Å². The topological polar surface area (TPSA) is 141 Å². The first-order valence-corrected chi connectivity index (χ1v) is 13.6. The van der Waals surface area contributed by atoms with E-state index < -0.39 is 30.1 Å². The van der Waals surface area contributed by atoms with Crippen molar-refractivity contribution >= 4 is 28.9 Å². The van der Waals surface area contributed by atoms with Crippen molar-refractivity contribution in [2.24, 2.45) is 18.7 Å². The summed E-state index contributed by atoms with van der Waals surface area (Å²) in [6.07, 6.45) is 5.71. The molecule has 2 aromatic heterocycles. The Balaban J connectivity index is 1.81. The molecule has 10 nitrogen and oxygen atoms in total. The number of aromatic carboxylic acids is 1. The molecule has 1 aromatic carbocycles. The first-order chi connectivity index (χ1) is 18.6. The fraction of sp³-hybridized carbons (Fsp3) is 0.517. The van der Waals surface area contributed by atoms with Gasteiger partial charge in [-0.25, -0.2) is 19.5 Å². The molecule has 2 heterocycles. The van der Waals surface area contributed by atoms with Gasteiger partial charge in [-0.15, -0.1) is 0 Å². The van der Waals surface area contributed by atoms with Crippen molar-refractivity contribution in [3.8, 4) is 0 Å². The summed E-state index contributed by atoms with van der Waals surface area (Å²) >= 11 is 0. The lowest BCUT2D eigenvalue weighted by Crippen LogP contribution is -2.50. The Hall–Kier alpha value is -3.66. The predicted molar refractivity (Wildman–Crippen MR) is 145 cm³/mol. The largest absolute Gasteiger partial charge is 0.476 e. The molecule has 1 fully saturated rings. The van der Waals surface area contributed by atoms with Gasteiger partial charge < -0.3 is 24.6 Å². The number of nitrogens with zero attached hydrogens (tertiary/aromatic N) is 3. The Bertz CT molecular complexity index is 1340. The minimum Gasteiger partial charge on any atom is -0.476 e. The Kier molecular flexibility index (Phi) is 8.74. The third-order valence-electron chi connectivity index (χ3n) is 7.30. The quantitative estimate of drug-likeness (QED) is 0.382. The fourth-order valence-corrected chi connectivity index (χ4v) is 5.38. The molecule has 0 bridgehead atoms. The summed E-state index contributed by atoms with van der Waals surface area (Å²) < 4.78 is 13.6. The number of carboxylic acid groups (broad SMARTS) is 1. The average Bonchev–Trinajstić information content (AvgIpc) is 3.43. The number of hydrogen-bond acceptors (Lipinski definition) is 7. The maximum atomic E-state index is 13.9. The summed E-state index contributed by atoms with van der Waals surface area (Å²) in [6, 6.07) is 5.76. The first kappa shape index (κ1) is 28.4. The molecule has 1 saturated carbocycles. The van der Waals surface area contributed by atoms with Crippen LogP contribution < -0.4 is 5.73 Å². The van der Waals surface area contributed by atoms with Crippen LogP contribution in [-0.2, 0) is 23.0 Å². The number of ether oxygens (including phenoxy) is 1. The van der Waals surface area contributed by atoms with Crippen molar-refractivity contribution in [3.05, 3.63) is 53.4 Å². The maximum absolute atomic E-state index is 13.9. The van der Waals surface area contributed by atoms with E-state index in [0.717, 1.165) is 53.5 Å². The number of carbonyl (C=O) groups excluding carboxylic acids is 2. The highest BCUT2D eigenvalue weighted by atomic mass is 16.6. The molecule has 210 valence electrons. The van der Waals surface area contributed by atoms with Crippen LogP contribution in [0, 0.1) is 12.8 Å². The van der Waals surface area contributed by atoms with Crippen molar-refractivity contribution in [2.45, 2.75) is 83.9 Å². The van der Waals surface area contributed by atoms with Crippen LogP contribution in [0.15, 0.2) is 34.9 Å². The monoisotopic (exact) mass is 538 g/mol. The molecule has 0 radical (unpaired) electrons. The van der Waals surface area contributed by atoms with E-state index in [1.165, 1.54) is 6.92 Å². The lowest BCUT2D eigenvalue weighted by atomic mass is 9.98. The highest BCUT2D eigenvalue weighted by Gasteiger charge is 2.40. The number of fused-ring (bicyclic) bond motifs is 1. The average molecular weight is 539 g/mol. The number of para-hydroxylation sites is 1. The van der Waals surface area contributed by atoms with Crippen LogP contribution in [-0.4, -0.2) is 49.7 Å². The molecule has 1 aliphatic carbocycles. The number of benzene rings is 1. The lowest BCUT2D eigenvalue weighted by Gasteiger charge is -2.32. The smallest absolute Gasteiger partial charge is 0.417 e. The molecular weight excluding hydrogens is 500 g/mol. The first-order valence-electron chi connectivity index (χ1n) is 13.6. The number of imide groups is 1. The zero-order valence-electron chi connectivity index (χ0n) is 23.1. The third kappa shape index (κ3) is 6.33. The molecule has 3 aromatic rings. The number of nitrogens with two attached hydrogens (primary N) is 1. The molecule has 4 rings (SSSR count).